The molecule has 0 fully saturated rings. The summed E-state index contributed by atoms with van der Waals surface area (Å²) < 4.78 is 10.8. The Morgan fingerprint density at radius 1 is 1.04 bits per heavy atom. The van der Waals surface area contributed by atoms with Gasteiger partial charge in [0.1, 0.15) is 11.7 Å². The molecule has 0 radical (unpaired) electrons. The monoisotopic (exact) mass is 354 g/mol. The van der Waals surface area contributed by atoms with Gasteiger partial charge in [0.05, 0.1) is 5.56 Å². The molecule has 0 aliphatic rings. The van der Waals surface area contributed by atoms with Crippen molar-refractivity contribution in [1.29, 1.82) is 0 Å². The third-order valence-corrected chi connectivity index (χ3v) is 3.90. The number of rotatable bonds is 4. The lowest BCUT2D eigenvalue weighted by Gasteiger charge is -2.21. The molecule has 2 aromatic carbocycles. The summed E-state index contributed by atoms with van der Waals surface area (Å²) in [4.78, 5) is 23.6. The first-order valence-corrected chi connectivity index (χ1v) is 8.69. The van der Waals surface area contributed by atoms with Crippen LogP contribution in [0.15, 0.2) is 42.5 Å². The smallest absolute Gasteiger partial charge is 0.338 e. The lowest BCUT2D eigenvalue weighted by atomic mass is 9.94. The normalized spacial score (nSPS) is 12.4. The van der Waals surface area contributed by atoms with Crippen LogP contribution < -0.4 is 0 Å². The summed E-state index contributed by atoms with van der Waals surface area (Å²) in [5.74, 6) is -0.646. The van der Waals surface area contributed by atoms with Crippen molar-refractivity contribution in [2.24, 2.45) is 0 Å². The van der Waals surface area contributed by atoms with Crippen LogP contribution in [0.2, 0.25) is 0 Å². The van der Waals surface area contributed by atoms with Gasteiger partial charge in [0, 0.05) is 6.92 Å². The fourth-order valence-electron chi connectivity index (χ4n) is 2.82. The molecule has 0 saturated carbocycles. The molecule has 138 valence electrons. The van der Waals surface area contributed by atoms with Crippen molar-refractivity contribution in [3.05, 3.63) is 59.2 Å². The fraction of sp³-hybridized carbons (Fsp3) is 0.364. The number of carbonyl (C=O) groups is 2. The van der Waals surface area contributed by atoms with E-state index in [4.69, 9.17) is 9.47 Å². The minimum Gasteiger partial charge on any atom is -0.458 e. The molecule has 0 saturated heterocycles. The third kappa shape index (κ3) is 4.94. The van der Waals surface area contributed by atoms with Gasteiger partial charge in [-0.2, -0.15) is 0 Å². The third-order valence-electron chi connectivity index (χ3n) is 3.90. The van der Waals surface area contributed by atoms with E-state index < -0.39 is 5.60 Å². The van der Waals surface area contributed by atoms with Crippen molar-refractivity contribution < 1.29 is 19.1 Å². The van der Waals surface area contributed by atoms with Gasteiger partial charge in [-0.15, -0.1) is 0 Å². The highest BCUT2D eigenvalue weighted by molar-refractivity contribution is 5.92. The van der Waals surface area contributed by atoms with Gasteiger partial charge in [-0.25, -0.2) is 4.79 Å². The summed E-state index contributed by atoms with van der Waals surface area (Å²) in [5.41, 5.74) is 3.71. The van der Waals surface area contributed by atoms with Crippen LogP contribution in [0.25, 0.3) is 11.1 Å². The largest absolute Gasteiger partial charge is 0.458 e. The quantitative estimate of drug-likeness (QED) is 0.705. The van der Waals surface area contributed by atoms with Crippen molar-refractivity contribution in [3.8, 4) is 11.1 Å². The Morgan fingerprint density at radius 2 is 1.69 bits per heavy atom. The van der Waals surface area contributed by atoms with Crippen LogP contribution in [-0.2, 0) is 14.3 Å². The Balaban J connectivity index is 2.38. The highest BCUT2D eigenvalue weighted by Gasteiger charge is 2.20. The topological polar surface area (TPSA) is 52.6 Å². The van der Waals surface area contributed by atoms with Crippen LogP contribution >= 0.6 is 0 Å². The van der Waals surface area contributed by atoms with Gasteiger partial charge in [-0.1, -0.05) is 36.4 Å². The van der Waals surface area contributed by atoms with Gasteiger partial charge in [0.25, 0.3) is 0 Å². The molecular formula is C22H26O4. The molecule has 4 nitrogen and oxygen atoms in total. The molecule has 0 N–H and O–H groups in total. The summed E-state index contributed by atoms with van der Waals surface area (Å²) in [6, 6.07) is 13.4. The zero-order chi connectivity index (χ0) is 19.5. The van der Waals surface area contributed by atoms with E-state index >= 15 is 0 Å². The highest BCUT2D eigenvalue weighted by atomic mass is 16.6. The molecule has 0 amide bonds. The lowest BCUT2D eigenvalue weighted by Crippen LogP contribution is -2.24. The Morgan fingerprint density at radius 3 is 2.27 bits per heavy atom. The average molecular weight is 354 g/mol. The molecule has 0 aliphatic carbocycles. The second-order valence-corrected chi connectivity index (χ2v) is 7.37. The van der Waals surface area contributed by atoms with E-state index in [0.29, 0.717) is 5.56 Å². The minimum atomic E-state index is -0.533. The first-order valence-electron chi connectivity index (χ1n) is 8.69. The maximum absolute atomic E-state index is 12.3. The number of benzene rings is 2. The Kier molecular flexibility index (Phi) is 5.86. The number of ether oxygens (including phenoxy) is 2. The van der Waals surface area contributed by atoms with Crippen molar-refractivity contribution in [2.45, 2.75) is 53.2 Å². The van der Waals surface area contributed by atoms with Crippen LogP contribution in [0.3, 0.4) is 0 Å². The minimum absolute atomic E-state index is 0.316. The average Bonchev–Trinajstić information content (AvgIpc) is 2.52. The maximum atomic E-state index is 12.3. The SMILES string of the molecule is CC(=O)O[C@H](C)c1ccccc1-c1ccc(C(=O)OC(C)(C)C)c(C)c1. The van der Waals surface area contributed by atoms with Crippen LogP contribution in [0.1, 0.15) is 62.2 Å². The van der Waals surface area contributed by atoms with Crippen LogP contribution in [-0.4, -0.2) is 17.5 Å². The lowest BCUT2D eigenvalue weighted by molar-refractivity contribution is -0.145. The van der Waals surface area contributed by atoms with Gasteiger partial charge < -0.3 is 9.47 Å². The summed E-state index contributed by atoms with van der Waals surface area (Å²) in [5, 5.41) is 0. The van der Waals surface area contributed by atoms with Crippen molar-refractivity contribution in [3.63, 3.8) is 0 Å². The number of esters is 2. The van der Waals surface area contributed by atoms with E-state index in [1.807, 2.05) is 71.0 Å². The molecule has 4 heteroatoms. The van der Waals surface area contributed by atoms with Gasteiger partial charge >= 0.3 is 11.9 Å². The highest BCUT2D eigenvalue weighted by Crippen LogP contribution is 2.31. The zero-order valence-electron chi connectivity index (χ0n) is 16.3. The molecule has 0 bridgehead atoms. The molecule has 0 aliphatic heterocycles. The van der Waals surface area contributed by atoms with E-state index in [9.17, 15) is 9.59 Å². The van der Waals surface area contributed by atoms with Gasteiger partial charge in [-0.3, -0.25) is 4.79 Å². The van der Waals surface area contributed by atoms with Gasteiger partial charge in [-0.05, 0) is 62.9 Å². The molecule has 2 aromatic rings. The predicted molar refractivity (Wildman–Crippen MR) is 102 cm³/mol. The summed E-state index contributed by atoms with van der Waals surface area (Å²) in [6.45, 7) is 10.7. The number of aryl methyl sites for hydroxylation is 1. The van der Waals surface area contributed by atoms with Gasteiger partial charge in [0.2, 0.25) is 0 Å². The molecule has 0 spiro atoms. The van der Waals surface area contributed by atoms with E-state index in [0.717, 1.165) is 22.3 Å². The predicted octanol–water partition coefficient (Wildman–Crippen LogP) is 5.24. The van der Waals surface area contributed by atoms with Crippen LogP contribution in [0, 0.1) is 6.92 Å². The molecule has 2 rings (SSSR count). The summed E-state index contributed by atoms with van der Waals surface area (Å²) in [6.07, 6.45) is -0.352. The van der Waals surface area contributed by atoms with E-state index in [1.165, 1.54) is 6.92 Å². The summed E-state index contributed by atoms with van der Waals surface area (Å²) >= 11 is 0. The summed E-state index contributed by atoms with van der Waals surface area (Å²) in [7, 11) is 0. The van der Waals surface area contributed by atoms with Gasteiger partial charge in [0.15, 0.2) is 0 Å². The standard InChI is InChI=1S/C22H26O4/c1-14-13-17(11-12-18(14)21(24)26-22(4,5)6)20-10-8-7-9-19(20)15(2)25-16(3)23/h7-13,15H,1-6H3/t15-/m1/s1. The Bertz CT molecular complexity index is 815. The van der Waals surface area contributed by atoms with Crippen molar-refractivity contribution >= 4 is 11.9 Å². The second kappa shape index (κ2) is 7.73. The number of hydrogen-bond acceptors (Lipinski definition) is 4. The van der Waals surface area contributed by atoms with E-state index in [2.05, 4.69) is 0 Å². The second-order valence-electron chi connectivity index (χ2n) is 7.37. The molecule has 26 heavy (non-hydrogen) atoms. The van der Waals surface area contributed by atoms with Crippen LogP contribution in [0.5, 0.6) is 0 Å². The van der Waals surface area contributed by atoms with E-state index in [-0.39, 0.29) is 18.0 Å². The Labute approximate surface area is 155 Å². The first-order chi connectivity index (χ1) is 12.1. The maximum Gasteiger partial charge on any atom is 0.338 e. The molecule has 1 atom stereocenters. The molecule has 0 aromatic heterocycles. The van der Waals surface area contributed by atoms with Crippen LogP contribution in [0.4, 0.5) is 0 Å². The Hall–Kier alpha value is -2.62. The zero-order valence-corrected chi connectivity index (χ0v) is 16.3. The molecule has 0 unspecified atom stereocenters. The number of carbonyl (C=O) groups excluding carboxylic acids is 2. The number of hydrogen-bond donors (Lipinski definition) is 0. The van der Waals surface area contributed by atoms with Crippen molar-refractivity contribution in [2.75, 3.05) is 0 Å². The first kappa shape index (κ1) is 19.7. The fourth-order valence-corrected chi connectivity index (χ4v) is 2.82. The molecular weight excluding hydrogens is 328 g/mol. The van der Waals surface area contributed by atoms with E-state index in [1.54, 1.807) is 6.07 Å². The van der Waals surface area contributed by atoms with Crippen molar-refractivity contribution in [1.82, 2.24) is 0 Å². The molecule has 0 heterocycles.